The summed E-state index contributed by atoms with van der Waals surface area (Å²) < 4.78 is 5.29. The van der Waals surface area contributed by atoms with Gasteiger partial charge in [0.25, 0.3) is 0 Å². The Kier molecular flexibility index (Phi) is 7.76. The van der Waals surface area contributed by atoms with E-state index in [1.54, 1.807) is 7.11 Å². The van der Waals surface area contributed by atoms with Crippen molar-refractivity contribution in [2.75, 3.05) is 39.9 Å². The van der Waals surface area contributed by atoms with E-state index in [0.717, 1.165) is 38.7 Å². The number of hydrogen-bond donors (Lipinski definition) is 1. The number of nitrogens with one attached hydrogen (secondary N) is 1. The lowest BCUT2D eigenvalue weighted by molar-refractivity contribution is 0.157. The van der Waals surface area contributed by atoms with Crippen LogP contribution in [0.3, 0.4) is 0 Å². The van der Waals surface area contributed by atoms with Crippen LogP contribution in [0.4, 0.5) is 0 Å². The molecule has 0 saturated carbocycles. The fraction of sp³-hybridized carbons (Fsp3) is 0.611. The molecule has 0 amide bonds. The maximum atomic E-state index is 5.29. The van der Waals surface area contributed by atoms with Crippen molar-refractivity contribution in [3.63, 3.8) is 0 Å². The normalized spacial score (nSPS) is 19.9. The third-order valence-electron chi connectivity index (χ3n) is 3.90. The van der Waals surface area contributed by atoms with Gasteiger partial charge in [0.05, 0.1) is 13.2 Å². The summed E-state index contributed by atoms with van der Waals surface area (Å²) in [5, 5.41) is 3.89. The Morgan fingerprint density at radius 3 is 2.91 bits per heavy atom. The first kappa shape index (κ1) is 18.1. The van der Waals surface area contributed by atoms with Crippen LogP contribution in [-0.2, 0) is 4.74 Å². The van der Waals surface area contributed by atoms with E-state index < -0.39 is 0 Å². The zero-order valence-electron chi connectivity index (χ0n) is 14.5. The van der Waals surface area contributed by atoms with E-state index in [0.29, 0.717) is 11.2 Å². The minimum atomic E-state index is 0.462. The SMILES string of the molecule is CCNC(=NCC(C)Sc1ccccc1)N1CCC(COC)C1. The molecule has 1 aromatic carbocycles. The molecule has 128 valence electrons. The Balaban J connectivity index is 1.88. The predicted octanol–water partition coefficient (Wildman–Crippen LogP) is 3.10. The van der Waals surface area contributed by atoms with Crippen LogP contribution in [0, 0.1) is 5.92 Å². The summed E-state index contributed by atoms with van der Waals surface area (Å²) in [6.45, 7) is 9.05. The van der Waals surface area contributed by atoms with Gasteiger partial charge in [0.1, 0.15) is 0 Å². The van der Waals surface area contributed by atoms with Gasteiger partial charge in [-0.2, -0.15) is 0 Å². The van der Waals surface area contributed by atoms with Crippen LogP contribution >= 0.6 is 11.8 Å². The lowest BCUT2D eigenvalue weighted by Crippen LogP contribution is -2.40. The van der Waals surface area contributed by atoms with Crippen molar-refractivity contribution in [1.29, 1.82) is 0 Å². The summed E-state index contributed by atoms with van der Waals surface area (Å²) in [4.78, 5) is 8.53. The minimum absolute atomic E-state index is 0.462. The highest BCUT2D eigenvalue weighted by Crippen LogP contribution is 2.23. The molecule has 2 atom stereocenters. The van der Waals surface area contributed by atoms with Crippen molar-refractivity contribution in [3.8, 4) is 0 Å². The summed E-state index contributed by atoms with van der Waals surface area (Å²) in [5.74, 6) is 1.67. The molecular formula is C18H29N3OS. The molecule has 1 N–H and O–H groups in total. The summed E-state index contributed by atoms with van der Waals surface area (Å²) in [6, 6.07) is 10.5. The molecule has 1 aromatic rings. The van der Waals surface area contributed by atoms with E-state index in [1.807, 2.05) is 11.8 Å². The van der Waals surface area contributed by atoms with Crippen molar-refractivity contribution in [2.24, 2.45) is 10.9 Å². The molecule has 4 nitrogen and oxygen atoms in total. The maximum Gasteiger partial charge on any atom is 0.193 e. The van der Waals surface area contributed by atoms with Gasteiger partial charge in [0.15, 0.2) is 5.96 Å². The van der Waals surface area contributed by atoms with Gasteiger partial charge < -0.3 is 15.0 Å². The number of ether oxygens (including phenoxy) is 1. The van der Waals surface area contributed by atoms with Crippen LogP contribution in [0.25, 0.3) is 0 Å². The summed E-state index contributed by atoms with van der Waals surface area (Å²) >= 11 is 1.88. The average Bonchev–Trinajstić information content (AvgIpc) is 3.01. The van der Waals surface area contributed by atoms with E-state index in [1.165, 1.54) is 11.3 Å². The van der Waals surface area contributed by atoms with E-state index >= 15 is 0 Å². The quantitative estimate of drug-likeness (QED) is 0.472. The predicted molar refractivity (Wildman–Crippen MR) is 99.3 cm³/mol. The highest BCUT2D eigenvalue weighted by molar-refractivity contribution is 8.00. The van der Waals surface area contributed by atoms with Gasteiger partial charge >= 0.3 is 0 Å². The van der Waals surface area contributed by atoms with E-state index in [4.69, 9.17) is 9.73 Å². The molecule has 1 heterocycles. The number of rotatable bonds is 7. The zero-order chi connectivity index (χ0) is 16.5. The van der Waals surface area contributed by atoms with E-state index in [2.05, 4.69) is 54.4 Å². The number of benzene rings is 1. The number of thioether (sulfide) groups is 1. The molecule has 1 aliphatic rings. The highest BCUT2D eigenvalue weighted by Gasteiger charge is 2.24. The summed E-state index contributed by atoms with van der Waals surface area (Å²) in [7, 11) is 1.78. The minimum Gasteiger partial charge on any atom is -0.384 e. The maximum absolute atomic E-state index is 5.29. The lowest BCUT2D eigenvalue weighted by atomic mass is 10.1. The second-order valence-electron chi connectivity index (χ2n) is 5.99. The Labute approximate surface area is 144 Å². The molecule has 23 heavy (non-hydrogen) atoms. The number of aliphatic imine (C=N–C) groups is 1. The molecule has 1 aliphatic heterocycles. The molecule has 0 radical (unpaired) electrons. The lowest BCUT2D eigenvalue weighted by Gasteiger charge is -2.22. The van der Waals surface area contributed by atoms with Crippen LogP contribution in [0.1, 0.15) is 20.3 Å². The third-order valence-corrected chi connectivity index (χ3v) is 5.00. The highest BCUT2D eigenvalue weighted by atomic mass is 32.2. The molecule has 2 unspecified atom stereocenters. The monoisotopic (exact) mass is 335 g/mol. The van der Waals surface area contributed by atoms with Crippen LogP contribution in [0.5, 0.6) is 0 Å². The molecule has 0 aliphatic carbocycles. The Bertz CT molecular complexity index is 480. The van der Waals surface area contributed by atoms with Crippen LogP contribution < -0.4 is 5.32 Å². The Morgan fingerprint density at radius 1 is 1.43 bits per heavy atom. The Morgan fingerprint density at radius 2 is 2.22 bits per heavy atom. The summed E-state index contributed by atoms with van der Waals surface area (Å²) in [5.41, 5.74) is 0. The smallest absolute Gasteiger partial charge is 0.193 e. The van der Waals surface area contributed by atoms with Gasteiger partial charge in [-0.15, -0.1) is 11.8 Å². The number of guanidine groups is 1. The number of nitrogens with zero attached hydrogens (tertiary/aromatic N) is 2. The first-order chi connectivity index (χ1) is 11.2. The third kappa shape index (κ3) is 6.07. The largest absolute Gasteiger partial charge is 0.384 e. The molecule has 5 heteroatoms. The van der Waals surface area contributed by atoms with Gasteiger partial charge in [-0.3, -0.25) is 4.99 Å². The van der Waals surface area contributed by atoms with Crippen molar-refractivity contribution < 1.29 is 4.74 Å². The van der Waals surface area contributed by atoms with Crippen molar-refractivity contribution in [3.05, 3.63) is 30.3 Å². The zero-order valence-corrected chi connectivity index (χ0v) is 15.3. The van der Waals surface area contributed by atoms with Crippen molar-refractivity contribution >= 4 is 17.7 Å². The van der Waals surface area contributed by atoms with E-state index in [9.17, 15) is 0 Å². The van der Waals surface area contributed by atoms with E-state index in [-0.39, 0.29) is 0 Å². The standard InChI is InChI=1S/C18H29N3OS/c1-4-19-18(21-11-10-16(13-21)14-22-3)20-12-15(2)23-17-8-6-5-7-9-17/h5-9,15-16H,4,10-14H2,1-3H3,(H,19,20). The molecule has 0 aromatic heterocycles. The van der Waals surface area contributed by atoms with Crippen LogP contribution in [0.2, 0.25) is 0 Å². The fourth-order valence-corrected chi connectivity index (χ4v) is 3.73. The molecule has 1 saturated heterocycles. The van der Waals surface area contributed by atoms with Gasteiger partial charge in [-0.1, -0.05) is 25.1 Å². The van der Waals surface area contributed by atoms with Gasteiger partial charge in [0, 0.05) is 42.8 Å². The fourth-order valence-electron chi connectivity index (χ4n) is 2.81. The molecule has 0 spiro atoms. The first-order valence-electron chi connectivity index (χ1n) is 8.46. The topological polar surface area (TPSA) is 36.9 Å². The molecular weight excluding hydrogens is 306 g/mol. The Hall–Kier alpha value is -1.20. The number of likely N-dealkylation sites (tertiary alicyclic amines) is 1. The van der Waals surface area contributed by atoms with Crippen LogP contribution in [0.15, 0.2) is 40.2 Å². The van der Waals surface area contributed by atoms with Gasteiger partial charge in [0.2, 0.25) is 0 Å². The second-order valence-corrected chi connectivity index (χ2v) is 7.50. The van der Waals surface area contributed by atoms with Crippen molar-refractivity contribution in [2.45, 2.75) is 30.4 Å². The molecule has 0 bridgehead atoms. The van der Waals surface area contributed by atoms with Crippen LogP contribution in [-0.4, -0.2) is 56.0 Å². The molecule has 1 fully saturated rings. The molecule has 2 rings (SSSR count). The first-order valence-corrected chi connectivity index (χ1v) is 9.34. The van der Waals surface area contributed by atoms with Gasteiger partial charge in [-0.05, 0) is 25.5 Å². The summed E-state index contributed by atoms with van der Waals surface area (Å²) in [6.07, 6.45) is 1.19. The number of methoxy groups -OCH3 is 1. The number of hydrogen-bond acceptors (Lipinski definition) is 3. The second kappa shape index (κ2) is 9.83. The average molecular weight is 336 g/mol. The van der Waals surface area contributed by atoms with Crippen molar-refractivity contribution in [1.82, 2.24) is 10.2 Å². The van der Waals surface area contributed by atoms with Gasteiger partial charge in [-0.25, -0.2) is 0 Å².